The largest absolute Gasteiger partial charge is 0.512 e. The van der Waals surface area contributed by atoms with Gasteiger partial charge in [-0.2, -0.15) is 5.10 Å². The van der Waals surface area contributed by atoms with Gasteiger partial charge in [-0.05, 0) is 19.1 Å². The second-order valence-electron chi connectivity index (χ2n) is 6.19. The molecular formula is C18H24ClN5O2. The Hall–Kier alpha value is -2.67. The van der Waals surface area contributed by atoms with E-state index < -0.39 is 0 Å². The summed E-state index contributed by atoms with van der Waals surface area (Å²) in [7, 11) is 0. The van der Waals surface area contributed by atoms with Gasteiger partial charge in [-0.25, -0.2) is 5.01 Å². The van der Waals surface area contributed by atoms with Gasteiger partial charge >= 0.3 is 0 Å². The van der Waals surface area contributed by atoms with Crippen LogP contribution in [-0.2, 0) is 0 Å². The van der Waals surface area contributed by atoms with Crippen molar-refractivity contribution in [1.29, 1.82) is 5.41 Å². The number of nitrogens with one attached hydrogen (secondary N) is 3. The van der Waals surface area contributed by atoms with E-state index in [1.54, 1.807) is 11.2 Å². The lowest BCUT2D eigenvalue weighted by molar-refractivity contribution is 0.342. The van der Waals surface area contributed by atoms with E-state index in [4.69, 9.17) is 17.0 Å². The number of aliphatic hydroxyl groups excluding tert-OH is 2. The first-order chi connectivity index (χ1) is 12.3. The average Bonchev–Trinajstić information content (AvgIpc) is 2.81. The Morgan fingerprint density at radius 3 is 2.92 bits per heavy atom. The SMILES string of the molecule is C=C(CC(=N)C1=CC=C(O)CC(O)=C1Cl)NC/C=N/N1C[C@H](C)NC1=C. The van der Waals surface area contributed by atoms with Gasteiger partial charge in [0.05, 0.1) is 30.3 Å². The molecule has 0 bridgehead atoms. The van der Waals surface area contributed by atoms with Gasteiger partial charge in [-0.3, -0.25) is 0 Å². The van der Waals surface area contributed by atoms with Gasteiger partial charge in [0, 0.05) is 35.7 Å². The number of hydrogen-bond acceptors (Lipinski definition) is 7. The molecule has 1 saturated heterocycles. The minimum absolute atomic E-state index is 0.0103. The molecule has 0 aromatic rings. The zero-order valence-electron chi connectivity index (χ0n) is 14.7. The fourth-order valence-electron chi connectivity index (χ4n) is 2.54. The van der Waals surface area contributed by atoms with Gasteiger partial charge in [-0.15, -0.1) is 0 Å². The van der Waals surface area contributed by atoms with Crippen LogP contribution in [-0.4, -0.2) is 46.3 Å². The Balaban J connectivity index is 1.85. The van der Waals surface area contributed by atoms with Crippen LogP contribution in [0.4, 0.5) is 0 Å². The van der Waals surface area contributed by atoms with Crippen LogP contribution in [0.1, 0.15) is 19.8 Å². The van der Waals surface area contributed by atoms with E-state index in [-0.39, 0.29) is 35.1 Å². The quantitative estimate of drug-likeness (QED) is 0.439. The maximum absolute atomic E-state index is 9.84. The van der Waals surface area contributed by atoms with Gasteiger partial charge in [0.15, 0.2) is 0 Å². The number of rotatable bonds is 7. The van der Waals surface area contributed by atoms with Gasteiger partial charge in [-0.1, -0.05) is 24.8 Å². The molecule has 0 aromatic heterocycles. The number of hydrogen-bond donors (Lipinski definition) is 5. The van der Waals surface area contributed by atoms with Crippen molar-refractivity contribution in [3.05, 3.63) is 59.0 Å². The molecule has 1 aliphatic carbocycles. The molecule has 7 nitrogen and oxygen atoms in total. The summed E-state index contributed by atoms with van der Waals surface area (Å²) < 4.78 is 0. The van der Waals surface area contributed by atoms with Crippen LogP contribution in [0.25, 0.3) is 0 Å². The average molecular weight is 378 g/mol. The van der Waals surface area contributed by atoms with Crippen molar-refractivity contribution in [3.63, 3.8) is 0 Å². The second-order valence-corrected chi connectivity index (χ2v) is 6.57. The Morgan fingerprint density at radius 1 is 1.54 bits per heavy atom. The van der Waals surface area contributed by atoms with Crippen LogP contribution >= 0.6 is 11.6 Å². The van der Waals surface area contributed by atoms with Crippen molar-refractivity contribution < 1.29 is 10.2 Å². The van der Waals surface area contributed by atoms with Crippen molar-refractivity contribution in [3.8, 4) is 0 Å². The predicted octanol–water partition coefficient (Wildman–Crippen LogP) is 3.03. The van der Waals surface area contributed by atoms with E-state index in [2.05, 4.69) is 35.8 Å². The third-order valence-electron chi connectivity index (χ3n) is 3.83. The van der Waals surface area contributed by atoms with Gasteiger partial charge in [0.25, 0.3) is 0 Å². The first kappa shape index (κ1) is 19.7. The van der Waals surface area contributed by atoms with Crippen LogP contribution in [0.5, 0.6) is 0 Å². The van der Waals surface area contributed by atoms with Crippen LogP contribution in [0.3, 0.4) is 0 Å². The van der Waals surface area contributed by atoms with Crippen molar-refractivity contribution in [1.82, 2.24) is 15.6 Å². The van der Waals surface area contributed by atoms with Crippen LogP contribution in [0, 0.1) is 5.41 Å². The third-order valence-corrected chi connectivity index (χ3v) is 4.25. The van der Waals surface area contributed by atoms with E-state index in [0.717, 1.165) is 12.4 Å². The lowest BCUT2D eigenvalue weighted by Crippen LogP contribution is -2.20. The summed E-state index contributed by atoms with van der Waals surface area (Å²) in [5.74, 6) is 0.601. The molecule has 1 heterocycles. The van der Waals surface area contributed by atoms with E-state index in [1.165, 1.54) is 12.2 Å². The molecule has 5 N–H and O–H groups in total. The number of halogens is 1. The number of aliphatic hydroxyl groups is 2. The van der Waals surface area contributed by atoms with Crippen LogP contribution in [0.2, 0.25) is 0 Å². The first-order valence-corrected chi connectivity index (χ1v) is 8.58. The normalized spacial score (nSPS) is 20.6. The van der Waals surface area contributed by atoms with E-state index in [9.17, 15) is 10.2 Å². The molecule has 1 aliphatic heterocycles. The maximum atomic E-state index is 9.84. The molecule has 0 unspecified atom stereocenters. The number of hydrazone groups is 1. The highest BCUT2D eigenvalue weighted by Crippen LogP contribution is 2.27. The Labute approximate surface area is 158 Å². The molecule has 2 rings (SSSR count). The molecule has 140 valence electrons. The molecule has 1 atom stereocenters. The fraction of sp³-hybridized carbons (Fsp3) is 0.333. The third kappa shape index (κ3) is 5.16. The van der Waals surface area contributed by atoms with Crippen molar-refractivity contribution in [2.24, 2.45) is 5.10 Å². The summed E-state index contributed by atoms with van der Waals surface area (Å²) in [4.78, 5) is 0. The Bertz CT molecular complexity index is 736. The van der Waals surface area contributed by atoms with E-state index in [0.29, 0.717) is 23.9 Å². The number of nitrogens with zero attached hydrogens (tertiary/aromatic N) is 2. The van der Waals surface area contributed by atoms with Crippen molar-refractivity contribution in [2.45, 2.75) is 25.8 Å². The highest BCUT2D eigenvalue weighted by Gasteiger charge is 2.19. The smallest absolute Gasteiger partial charge is 0.119 e. The summed E-state index contributed by atoms with van der Waals surface area (Å²) >= 11 is 6.09. The summed E-state index contributed by atoms with van der Waals surface area (Å²) in [5, 5.41) is 40.0. The molecule has 1 fully saturated rings. The molecule has 2 aliphatic rings. The topological polar surface area (TPSA) is 104 Å². The summed E-state index contributed by atoms with van der Waals surface area (Å²) in [6, 6.07) is 0.318. The molecule has 0 spiro atoms. The summed E-state index contributed by atoms with van der Waals surface area (Å²) in [6.45, 7) is 11.1. The zero-order valence-corrected chi connectivity index (χ0v) is 15.5. The Kier molecular flexibility index (Phi) is 6.52. The monoisotopic (exact) mass is 377 g/mol. The molecule has 8 heteroatoms. The molecule has 26 heavy (non-hydrogen) atoms. The number of allylic oxidation sites excluding steroid dienone is 5. The zero-order chi connectivity index (χ0) is 19.3. The van der Waals surface area contributed by atoms with Crippen molar-refractivity contribution >= 4 is 23.5 Å². The fourth-order valence-corrected chi connectivity index (χ4v) is 2.78. The summed E-state index contributed by atoms with van der Waals surface area (Å²) in [5.41, 5.74) is 1.17. The van der Waals surface area contributed by atoms with E-state index in [1.807, 2.05) is 0 Å². The Morgan fingerprint density at radius 2 is 2.27 bits per heavy atom. The minimum Gasteiger partial charge on any atom is -0.512 e. The lowest BCUT2D eigenvalue weighted by atomic mass is 10.0. The highest BCUT2D eigenvalue weighted by molar-refractivity contribution is 6.36. The van der Waals surface area contributed by atoms with Crippen LogP contribution < -0.4 is 10.6 Å². The predicted molar refractivity (Wildman–Crippen MR) is 105 cm³/mol. The second kappa shape index (κ2) is 8.62. The van der Waals surface area contributed by atoms with Gasteiger partial charge < -0.3 is 26.3 Å². The molecule has 0 saturated carbocycles. The van der Waals surface area contributed by atoms with Crippen LogP contribution in [0.15, 0.2) is 64.1 Å². The molecule has 0 amide bonds. The van der Waals surface area contributed by atoms with Gasteiger partial charge in [0.2, 0.25) is 0 Å². The first-order valence-electron chi connectivity index (χ1n) is 8.20. The highest BCUT2D eigenvalue weighted by atomic mass is 35.5. The van der Waals surface area contributed by atoms with Gasteiger partial charge in [0.1, 0.15) is 11.6 Å². The molecule has 0 aromatic carbocycles. The van der Waals surface area contributed by atoms with E-state index >= 15 is 0 Å². The minimum atomic E-state index is -0.159. The summed E-state index contributed by atoms with van der Waals surface area (Å²) in [6.07, 6.45) is 4.84. The van der Waals surface area contributed by atoms with Crippen molar-refractivity contribution in [2.75, 3.05) is 13.1 Å². The standard InChI is InChI=1S/C18H24ClN5O2/c1-11(21-6-7-22-24-10-12(2)23-13(24)3)8-16(20)15-5-4-14(25)9-17(26)18(15)19/h4-5,7,12,20-21,23,25-26H,1,3,6,8-10H2,2H3/b20-16?,22-7+/t12-/m0/s1. The molecule has 0 radical (unpaired) electrons. The lowest BCUT2D eigenvalue weighted by Gasteiger charge is -2.12. The maximum Gasteiger partial charge on any atom is 0.119 e. The molecular weight excluding hydrogens is 354 g/mol.